The van der Waals surface area contributed by atoms with Gasteiger partial charge < -0.3 is 5.32 Å². The second kappa shape index (κ2) is 7.02. The Morgan fingerprint density at radius 1 is 1.16 bits per heavy atom. The van der Waals surface area contributed by atoms with Crippen molar-refractivity contribution >= 4 is 10.2 Å². The van der Waals surface area contributed by atoms with Gasteiger partial charge in [-0.15, -0.1) is 0 Å². The van der Waals surface area contributed by atoms with Crippen molar-refractivity contribution in [3.05, 3.63) is 0 Å². The van der Waals surface area contributed by atoms with Gasteiger partial charge in [0, 0.05) is 25.7 Å². The molecule has 0 amide bonds. The molecule has 0 aromatic heterocycles. The van der Waals surface area contributed by atoms with Crippen LogP contribution in [0.5, 0.6) is 0 Å². The van der Waals surface area contributed by atoms with Gasteiger partial charge in [0.15, 0.2) is 0 Å². The van der Waals surface area contributed by atoms with E-state index in [0.717, 1.165) is 38.6 Å². The highest BCUT2D eigenvalue weighted by molar-refractivity contribution is 7.87. The highest BCUT2D eigenvalue weighted by atomic mass is 32.2. The predicted octanol–water partition coefficient (Wildman–Crippen LogP) is 1.23. The van der Waals surface area contributed by atoms with Crippen molar-refractivity contribution in [2.24, 2.45) is 0 Å². The van der Waals surface area contributed by atoms with Gasteiger partial charge in [0.1, 0.15) is 0 Å². The van der Waals surface area contributed by atoms with Crippen molar-refractivity contribution in [1.82, 2.24) is 14.3 Å². The molecule has 0 bridgehead atoms. The van der Waals surface area contributed by atoms with E-state index in [1.165, 1.54) is 19.3 Å². The van der Waals surface area contributed by atoms with Crippen LogP contribution in [0.1, 0.15) is 51.4 Å². The van der Waals surface area contributed by atoms with Crippen molar-refractivity contribution in [2.75, 3.05) is 20.1 Å². The summed E-state index contributed by atoms with van der Waals surface area (Å²) in [5, 5.41) is 3.39. The average molecular weight is 289 g/mol. The summed E-state index contributed by atoms with van der Waals surface area (Å²) in [6, 6.07) is 0.679. The second-order valence-electron chi connectivity index (χ2n) is 5.79. The van der Waals surface area contributed by atoms with Gasteiger partial charge in [0.05, 0.1) is 0 Å². The lowest BCUT2D eigenvalue weighted by Crippen LogP contribution is -2.45. The summed E-state index contributed by atoms with van der Waals surface area (Å²) in [4.78, 5) is 0. The molecule has 0 aromatic rings. The van der Waals surface area contributed by atoms with Gasteiger partial charge in [0.25, 0.3) is 10.2 Å². The number of hydrogen-bond acceptors (Lipinski definition) is 3. The monoisotopic (exact) mass is 289 g/mol. The fourth-order valence-electron chi connectivity index (χ4n) is 3.11. The standard InChI is InChI=1S/C13H27N3O2S/c1-16(13-7-3-2-4-8-13)19(17,18)15-11-9-12-6-5-10-14-12/h12-15H,2-11H2,1H3/t12-/m1/s1. The lowest BCUT2D eigenvalue weighted by Gasteiger charge is -2.30. The minimum atomic E-state index is -3.30. The van der Waals surface area contributed by atoms with Crippen LogP contribution in [-0.2, 0) is 10.2 Å². The zero-order chi connectivity index (χ0) is 13.7. The minimum Gasteiger partial charge on any atom is -0.314 e. The van der Waals surface area contributed by atoms with Crippen molar-refractivity contribution in [2.45, 2.75) is 63.5 Å². The Morgan fingerprint density at radius 3 is 2.53 bits per heavy atom. The maximum absolute atomic E-state index is 12.2. The lowest BCUT2D eigenvalue weighted by atomic mass is 9.96. The summed E-state index contributed by atoms with van der Waals surface area (Å²) in [5.41, 5.74) is 0. The van der Waals surface area contributed by atoms with Gasteiger partial charge in [0.2, 0.25) is 0 Å². The molecule has 0 spiro atoms. The van der Waals surface area contributed by atoms with Gasteiger partial charge in [-0.3, -0.25) is 0 Å². The molecule has 1 aliphatic carbocycles. The molecule has 1 heterocycles. The Balaban J connectivity index is 1.76. The van der Waals surface area contributed by atoms with E-state index in [4.69, 9.17) is 0 Å². The third-order valence-electron chi connectivity index (χ3n) is 4.41. The van der Waals surface area contributed by atoms with Crippen LogP contribution in [0.3, 0.4) is 0 Å². The summed E-state index contributed by atoms with van der Waals surface area (Å²) >= 11 is 0. The molecule has 2 N–H and O–H groups in total. The van der Waals surface area contributed by atoms with Crippen LogP contribution in [0, 0.1) is 0 Å². The Hall–Kier alpha value is -0.170. The normalized spacial score (nSPS) is 26.1. The van der Waals surface area contributed by atoms with Gasteiger partial charge in [-0.1, -0.05) is 19.3 Å². The Morgan fingerprint density at radius 2 is 1.89 bits per heavy atom. The van der Waals surface area contributed by atoms with Gasteiger partial charge >= 0.3 is 0 Å². The number of hydrogen-bond donors (Lipinski definition) is 2. The third kappa shape index (κ3) is 4.41. The molecule has 1 atom stereocenters. The van der Waals surface area contributed by atoms with E-state index >= 15 is 0 Å². The molecule has 0 aromatic carbocycles. The zero-order valence-electron chi connectivity index (χ0n) is 11.9. The van der Waals surface area contributed by atoms with E-state index in [1.807, 2.05) is 0 Å². The van der Waals surface area contributed by atoms with E-state index in [9.17, 15) is 8.42 Å². The summed E-state index contributed by atoms with van der Waals surface area (Å²) in [6.45, 7) is 1.61. The first-order valence-corrected chi connectivity index (χ1v) is 8.99. The molecule has 0 radical (unpaired) electrons. The van der Waals surface area contributed by atoms with Crippen LogP contribution >= 0.6 is 0 Å². The lowest BCUT2D eigenvalue weighted by molar-refractivity contribution is 0.282. The maximum Gasteiger partial charge on any atom is 0.279 e. The van der Waals surface area contributed by atoms with Crippen molar-refractivity contribution < 1.29 is 8.42 Å². The fraction of sp³-hybridized carbons (Fsp3) is 1.00. The largest absolute Gasteiger partial charge is 0.314 e. The van der Waals surface area contributed by atoms with Gasteiger partial charge in [-0.05, 0) is 38.6 Å². The molecule has 2 rings (SSSR count). The third-order valence-corrected chi connectivity index (χ3v) is 6.03. The van der Waals surface area contributed by atoms with Crippen molar-refractivity contribution in [3.8, 4) is 0 Å². The van der Waals surface area contributed by atoms with E-state index in [-0.39, 0.29) is 6.04 Å². The SMILES string of the molecule is CN(C1CCCCC1)S(=O)(=O)NCC[C@H]1CCCN1. The van der Waals surface area contributed by atoms with Crippen LogP contribution in [0.2, 0.25) is 0 Å². The van der Waals surface area contributed by atoms with Gasteiger partial charge in [-0.25, -0.2) is 4.72 Å². The molecule has 1 aliphatic heterocycles. The summed E-state index contributed by atoms with van der Waals surface area (Å²) in [5.74, 6) is 0. The highest BCUT2D eigenvalue weighted by Crippen LogP contribution is 2.23. The topological polar surface area (TPSA) is 61.4 Å². The van der Waals surface area contributed by atoms with E-state index < -0.39 is 10.2 Å². The first-order valence-electron chi connectivity index (χ1n) is 7.55. The van der Waals surface area contributed by atoms with Crippen LogP contribution < -0.4 is 10.0 Å². The molecule has 19 heavy (non-hydrogen) atoms. The molecule has 2 aliphatic rings. The fourth-order valence-corrected chi connectivity index (χ4v) is 4.29. The molecular formula is C13H27N3O2S. The number of nitrogens with one attached hydrogen (secondary N) is 2. The second-order valence-corrected chi connectivity index (χ2v) is 7.60. The van der Waals surface area contributed by atoms with Crippen LogP contribution in [0.25, 0.3) is 0 Å². The summed E-state index contributed by atoms with van der Waals surface area (Å²) in [7, 11) is -1.58. The quantitative estimate of drug-likeness (QED) is 0.773. The predicted molar refractivity (Wildman–Crippen MR) is 77.2 cm³/mol. The van der Waals surface area contributed by atoms with Gasteiger partial charge in [-0.2, -0.15) is 12.7 Å². The van der Waals surface area contributed by atoms with E-state index in [0.29, 0.717) is 12.6 Å². The number of rotatable bonds is 6. The van der Waals surface area contributed by atoms with Crippen molar-refractivity contribution in [1.29, 1.82) is 0 Å². The average Bonchev–Trinajstić information content (AvgIpc) is 2.92. The van der Waals surface area contributed by atoms with Crippen LogP contribution in [0.4, 0.5) is 0 Å². The Labute approximate surface area is 117 Å². The van der Waals surface area contributed by atoms with E-state index in [1.54, 1.807) is 11.4 Å². The Bertz CT molecular complexity index is 360. The Kier molecular flexibility index (Phi) is 5.62. The molecule has 5 nitrogen and oxygen atoms in total. The number of nitrogens with zero attached hydrogens (tertiary/aromatic N) is 1. The first-order chi connectivity index (χ1) is 9.09. The molecule has 112 valence electrons. The molecule has 2 fully saturated rings. The van der Waals surface area contributed by atoms with Crippen LogP contribution in [0.15, 0.2) is 0 Å². The first kappa shape index (κ1) is 15.2. The van der Waals surface area contributed by atoms with Crippen LogP contribution in [-0.4, -0.2) is 44.9 Å². The molecule has 6 heteroatoms. The zero-order valence-corrected chi connectivity index (χ0v) is 12.7. The molecule has 1 saturated carbocycles. The van der Waals surface area contributed by atoms with Crippen molar-refractivity contribution in [3.63, 3.8) is 0 Å². The molecular weight excluding hydrogens is 262 g/mol. The highest BCUT2D eigenvalue weighted by Gasteiger charge is 2.27. The minimum absolute atomic E-state index is 0.191. The summed E-state index contributed by atoms with van der Waals surface area (Å²) in [6.07, 6.45) is 8.80. The smallest absolute Gasteiger partial charge is 0.279 e. The molecule has 0 unspecified atom stereocenters. The summed E-state index contributed by atoms with van der Waals surface area (Å²) < 4.78 is 28.7. The maximum atomic E-state index is 12.2. The molecule has 1 saturated heterocycles. The van der Waals surface area contributed by atoms with E-state index in [2.05, 4.69) is 10.0 Å².